The van der Waals surface area contributed by atoms with Gasteiger partial charge in [-0.25, -0.2) is 5.43 Å². The lowest BCUT2D eigenvalue weighted by Crippen LogP contribution is -2.27. The van der Waals surface area contributed by atoms with E-state index in [4.69, 9.17) is 5.73 Å². The van der Waals surface area contributed by atoms with Crippen LogP contribution in [0.15, 0.2) is 69.8 Å². The summed E-state index contributed by atoms with van der Waals surface area (Å²) in [7, 11) is 0. The predicted molar refractivity (Wildman–Crippen MR) is 131 cm³/mol. The van der Waals surface area contributed by atoms with Crippen molar-refractivity contribution in [3.8, 4) is 0 Å². The minimum atomic E-state index is 0.376. The number of guanidine groups is 1. The standard InChI is InChI=1S/C25H30N6/c26-25(27-15-7-5-9-19-17-28-23-13-3-1-11-21(19)23)31-30-16-8-6-10-20-18-29-24-14-4-2-12-22(20)24/h1-4,11-14,16-19,29H,5-10,15H2,(H3,26,27,31)/b30-16+. The number of aliphatic imine (C=N–C) groups is 2. The van der Waals surface area contributed by atoms with Gasteiger partial charge in [0.25, 0.3) is 0 Å². The van der Waals surface area contributed by atoms with E-state index in [2.05, 4.69) is 80.4 Å². The quantitative estimate of drug-likeness (QED) is 0.187. The third kappa shape index (κ3) is 5.60. The molecule has 4 rings (SSSR count). The number of H-pyrrole nitrogens is 1. The molecule has 2 heterocycles. The molecule has 3 aromatic rings. The third-order valence-electron chi connectivity index (χ3n) is 5.66. The van der Waals surface area contributed by atoms with Crippen molar-refractivity contribution in [2.75, 3.05) is 6.54 Å². The first kappa shape index (κ1) is 20.8. The highest BCUT2D eigenvalue weighted by molar-refractivity contribution is 5.83. The number of fused-ring (bicyclic) bond motifs is 2. The molecule has 0 aliphatic carbocycles. The molecule has 0 radical (unpaired) electrons. The largest absolute Gasteiger partial charge is 0.369 e. The maximum atomic E-state index is 5.90. The summed E-state index contributed by atoms with van der Waals surface area (Å²) in [6, 6.07) is 16.8. The van der Waals surface area contributed by atoms with E-state index in [1.165, 1.54) is 22.0 Å². The van der Waals surface area contributed by atoms with Gasteiger partial charge in [-0.15, -0.1) is 0 Å². The maximum Gasteiger partial charge on any atom is 0.209 e. The average Bonchev–Trinajstić information content (AvgIpc) is 3.40. The molecule has 1 aromatic heterocycles. The Kier molecular flexibility index (Phi) is 7.11. The first-order valence-corrected chi connectivity index (χ1v) is 11.1. The lowest BCUT2D eigenvalue weighted by molar-refractivity contribution is 0.668. The van der Waals surface area contributed by atoms with Crippen LogP contribution in [0.1, 0.15) is 49.1 Å². The number of nitrogens with zero attached hydrogens (tertiary/aromatic N) is 3. The molecular formula is C25H30N6. The van der Waals surface area contributed by atoms with E-state index >= 15 is 0 Å². The van der Waals surface area contributed by atoms with Gasteiger partial charge in [0.05, 0.1) is 5.69 Å². The molecule has 4 N–H and O–H groups in total. The summed E-state index contributed by atoms with van der Waals surface area (Å²) in [6.07, 6.45) is 12.2. The molecule has 0 bridgehead atoms. The topological polar surface area (TPSA) is 90.9 Å². The molecule has 2 aromatic carbocycles. The van der Waals surface area contributed by atoms with Crippen LogP contribution in [0.25, 0.3) is 10.9 Å². The molecular weight excluding hydrogens is 384 g/mol. The van der Waals surface area contributed by atoms with Gasteiger partial charge in [-0.1, -0.05) is 42.8 Å². The van der Waals surface area contributed by atoms with Gasteiger partial charge in [-0.2, -0.15) is 5.10 Å². The number of para-hydroxylation sites is 2. The van der Waals surface area contributed by atoms with Gasteiger partial charge >= 0.3 is 0 Å². The Morgan fingerprint density at radius 3 is 2.94 bits per heavy atom. The lowest BCUT2D eigenvalue weighted by Gasteiger charge is -2.08. The van der Waals surface area contributed by atoms with Gasteiger partial charge in [0.2, 0.25) is 5.96 Å². The van der Waals surface area contributed by atoms with Crippen molar-refractivity contribution in [3.05, 3.63) is 65.9 Å². The van der Waals surface area contributed by atoms with E-state index in [-0.39, 0.29) is 0 Å². The van der Waals surface area contributed by atoms with Crippen molar-refractivity contribution >= 4 is 35.0 Å². The monoisotopic (exact) mass is 414 g/mol. The summed E-state index contributed by atoms with van der Waals surface area (Å²) in [5.41, 5.74) is 13.7. The number of nitrogens with one attached hydrogen (secondary N) is 2. The first-order chi connectivity index (χ1) is 15.3. The van der Waals surface area contributed by atoms with E-state index < -0.39 is 0 Å². The predicted octanol–water partition coefficient (Wildman–Crippen LogP) is 5.05. The molecule has 0 amide bonds. The Morgan fingerprint density at radius 2 is 1.97 bits per heavy atom. The van der Waals surface area contributed by atoms with Crippen molar-refractivity contribution in [1.29, 1.82) is 0 Å². The molecule has 0 spiro atoms. The van der Waals surface area contributed by atoms with Gasteiger partial charge in [0, 0.05) is 42.0 Å². The van der Waals surface area contributed by atoms with Crippen LogP contribution in [0.3, 0.4) is 0 Å². The van der Waals surface area contributed by atoms with Crippen LogP contribution in [-0.2, 0) is 6.42 Å². The van der Waals surface area contributed by atoms with E-state index in [0.717, 1.165) is 44.2 Å². The molecule has 0 saturated heterocycles. The van der Waals surface area contributed by atoms with Crippen LogP contribution in [-0.4, -0.2) is 29.9 Å². The number of benzene rings is 2. The summed E-state index contributed by atoms with van der Waals surface area (Å²) in [6.45, 7) is 0.709. The fraction of sp³-hybridized carbons (Fsp3) is 0.320. The Balaban J connectivity index is 1.08. The number of unbranched alkanes of at least 4 members (excludes halogenated alkanes) is 2. The van der Waals surface area contributed by atoms with Gasteiger partial charge in [-0.05, 0) is 55.4 Å². The van der Waals surface area contributed by atoms with Crippen molar-refractivity contribution in [2.24, 2.45) is 20.8 Å². The van der Waals surface area contributed by atoms with Crippen LogP contribution in [0.2, 0.25) is 0 Å². The minimum Gasteiger partial charge on any atom is -0.369 e. The Labute approximate surface area is 183 Å². The zero-order valence-electron chi connectivity index (χ0n) is 17.8. The van der Waals surface area contributed by atoms with Gasteiger partial charge in [0.1, 0.15) is 0 Å². The number of hydrogen-bond donors (Lipinski definition) is 3. The van der Waals surface area contributed by atoms with Crippen molar-refractivity contribution in [3.63, 3.8) is 0 Å². The van der Waals surface area contributed by atoms with Crippen LogP contribution in [0.5, 0.6) is 0 Å². The minimum absolute atomic E-state index is 0.376. The fourth-order valence-electron chi connectivity index (χ4n) is 4.01. The summed E-state index contributed by atoms with van der Waals surface area (Å²) in [4.78, 5) is 12.2. The average molecular weight is 415 g/mol. The first-order valence-electron chi connectivity index (χ1n) is 11.1. The molecule has 0 saturated carbocycles. The molecule has 1 aliphatic rings. The van der Waals surface area contributed by atoms with Gasteiger partial charge in [0.15, 0.2) is 0 Å². The molecule has 0 fully saturated rings. The number of nitrogens with two attached hydrogens (primary N) is 1. The summed E-state index contributed by atoms with van der Waals surface area (Å²) in [5, 5.41) is 5.49. The zero-order valence-corrected chi connectivity index (χ0v) is 17.8. The van der Waals surface area contributed by atoms with Crippen LogP contribution < -0.4 is 11.2 Å². The highest BCUT2D eigenvalue weighted by Gasteiger charge is 2.17. The normalized spacial score (nSPS) is 15.7. The Hall–Kier alpha value is -3.41. The Bertz CT molecular complexity index is 1080. The van der Waals surface area contributed by atoms with Crippen molar-refractivity contribution < 1.29 is 0 Å². The summed E-state index contributed by atoms with van der Waals surface area (Å²) >= 11 is 0. The zero-order chi connectivity index (χ0) is 21.3. The van der Waals surface area contributed by atoms with E-state index in [0.29, 0.717) is 18.4 Å². The highest BCUT2D eigenvalue weighted by atomic mass is 15.3. The summed E-state index contributed by atoms with van der Waals surface area (Å²) < 4.78 is 0. The molecule has 1 unspecified atom stereocenters. The molecule has 6 heteroatoms. The molecule has 1 atom stereocenters. The number of hydrogen-bond acceptors (Lipinski definition) is 3. The van der Waals surface area contributed by atoms with Crippen LogP contribution >= 0.6 is 0 Å². The fourth-order valence-corrected chi connectivity index (χ4v) is 4.01. The highest BCUT2D eigenvalue weighted by Crippen LogP contribution is 2.34. The maximum absolute atomic E-state index is 5.90. The number of aromatic amines is 1. The SMILES string of the molecule is NC(=NCCCCC1C=Nc2ccccc21)N/N=C/CCCc1c[nH]c2ccccc12. The van der Waals surface area contributed by atoms with Crippen LogP contribution in [0.4, 0.5) is 5.69 Å². The van der Waals surface area contributed by atoms with E-state index in [1.807, 2.05) is 12.3 Å². The van der Waals surface area contributed by atoms with E-state index in [9.17, 15) is 0 Å². The van der Waals surface area contributed by atoms with Crippen LogP contribution in [0, 0.1) is 0 Å². The molecule has 31 heavy (non-hydrogen) atoms. The van der Waals surface area contributed by atoms with Crippen molar-refractivity contribution in [2.45, 2.75) is 44.4 Å². The smallest absolute Gasteiger partial charge is 0.209 e. The number of hydrazone groups is 1. The molecule has 160 valence electrons. The molecule has 6 nitrogen and oxygen atoms in total. The summed E-state index contributed by atoms with van der Waals surface area (Å²) in [5.74, 6) is 0.810. The lowest BCUT2D eigenvalue weighted by atomic mass is 9.95. The second-order valence-corrected chi connectivity index (χ2v) is 7.88. The number of aryl methyl sites for hydroxylation is 1. The number of rotatable bonds is 10. The van der Waals surface area contributed by atoms with Gasteiger partial charge < -0.3 is 10.7 Å². The third-order valence-corrected chi connectivity index (χ3v) is 5.66. The number of aromatic nitrogens is 1. The second kappa shape index (κ2) is 10.6. The molecule has 1 aliphatic heterocycles. The van der Waals surface area contributed by atoms with Crippen molar-refractivity contribution in [1.82, 2.24) is 10.4 Å². The van der Waals surface area contributed by atoms with Gasteiger partial charge in [-0.3, -0.25) is 9.98 Å². The van der Waals surface area contributed by atoms with E-state index in [1.54, 1.807) is 0 Å². The Morgan fingerprint density at radius 1 is 1.10 bits per heavy atom. The second-order valence-electron chi connectivity index (χ2n) is 7.88.